The Morgan fingerprint density at radius 1 is 1.47 bits per heavy atom. The Kier molecular flexibility index (Phi) is 9.67. The van der Waals surface area contributed by atoms with E-state index < -0.39 is 10.4 Å². The van der Waals surface area contributed by atoms with E-state index in [0.717, 1.165) is 24.4 Å². The van der Waals surface area contributed by atoms with E-state index >= 15 is 0 Å². The second-order valence-electron chi connectivity index (χ2n) is 4.71. The van der Waals surface area contributed by atoms with Crippen molar-refractivity contribution in [3.05, 3.63) is 12.7 Å². The molecule has 1 atom stereocenters. The number of hydrogen-bond acceptors (Lipinski definition) is 5. The molecule has 0 aliphatic heterocycles. The molecule has 19 heavy (non-hydrogen) atoms. The van der Waals surface area contributed by atoms with Gasteiger partial charge in [0, 0.05) is 6.42 Å². The monoisotopic (exact) mass is 296 g/mol. The standard InChI is InChI=1S/C10H20N2O.CH4O4S/c1-6-8-9(12(3,4)5)11-10(13)7-2;1-5-6(2,3)4/h7,9H,2,6,8H2,1,3-5H3;1H3,(H,2,3,4). The van der Waals surface area contributed by atoms with Crippen LogP contribution in [0, 0.1) is 0 Å². The Balaban J connectivity index is 0. The summed E-state index contributed by atoms with van der Waals surface area (Å²) in [5, 5.41) is 2.92. The van der Waals surface area contributed by atoms with E-state index in [-0.39, 0.29) is 12.1 Å². The molecule has 1 amide bonds. The quantitative estimate of drug-likeness (QED) is 0.249. The lowest BCUT2D eigenvalue weighted by Crippen LogP contribution is -2.54. The number of amides is 1. The van der Waals surface area contributed by atoms with Crippen molar-refractivity contribution >= 4 is 16.3 Å². The lowest BCUT2D eigenvalue weighted by Gasteiger charge is -2.34. The molecule has 114 valence electrons. The lowest BCUT2D eigenvalue weighted by molar-refractivity contribution is -0.898. The molecular weight excluding hydrogens is 272 g/mol. The summed E-state index contributed by atoms with van der Waals surface area (Å²) in [6.45, 7) is 5.55. The number of hydrogen-bond donors (Lipinski definition) is 1. The maximum Gasteiger partial charge on any atom is 0.247 e. The first-order valence-electron chi connectivity index (χ1n) is 5.73. The van der Waals surface area contributed by atoms with Gasteiger partial charge in [-0.05, 0) is 12.5 Å². The van der Waals surface area contributed by atoms with Crippen LogP contribution in [0.1, 0.15) is 19.8 Å². The molecule has 7 nitrogen and oxygen atoms in total. The van der Waals surface area contributed by atoms with Crippen LogP contribution in [0.25, 0.3) is 0 Å². The average molecular weight is 296 g/mol. The number of rotatable bonds is 6. The van der Waals surface area contributed by atoms with Crippen LogP contribution >= 0.6 is 0 Å². The van der Waals surface area contributed by atoms with Crippen LogP contribution < -0.4 is 5.32 Å². The minimum Gasteiger partial charge on any atom is -0.726 e. The summed E-state index contributed by atoms with van der Waals surface area (Å²) in [7, 11) is 2.62. The van der Waals surface area contributed by atoms with E-state index in [1.54, 1.807) is 0 Å². The van der Waals surface area contributed by atoms with Crippen molar-refractivity contribution in [1.82, 2.24) is 5.32 Å². The van der Waals surface area contributed by atoms with E-state index in [9.17, 15) is 17.8 Å². The summed E-state index contributed by atoms with van der Waals surface area (Å²) < 4.78 is 31.8. The molecule has 0 saturated carbocycles. The molecule has 0 fully saturated rings. The highest BCUT2D eigenvalue weighted by molar-refractivity contribution is 7.80. The topological polar surface area (TPSA) is 95.5 Å². The van der Waals surface area contributed by atoms with E-state index in [1.807, 2.05) is 0 Å². The van der Waals surface area contributed by atoms with Gasteiger partial charge in [0.2, 0.25) is 16.3 Å². The van der Waals surface area contributed by atoms with Crippen molar-refractivity contribution in [1.29, 1.82) is 0 Å². The first kappa shape index (κ1) is 20.4. The normalized spacial score (nSPS) is 12.9. The van der Waals surface area contributed by atoms with Crippen molar-refractivity contribution in [3.63, 3.8) is 0 Å². The summed E-state index contributed by atoms with van der Waals surface area (Å²) in [5.74, 6) is -0.0912. The van der Waals surface area contributed by atoms with E-state index in [2.05, 4.69) is 44.1 Å². The van der Waals surface area contributed by atoms with Crippen LogP contribution in [0.4, 0.5) is 0 Å². The number of carbonyl (C=O) groups excluding carboxylic acids is 1. The van der Waals surface area contributed by atoms with Gasteiger partial charge in [0.25, 0.3) is 0 Å². The van der Waals surface area contributed by atoms with Crippen LogP contribution in [0.15, 0.2) is 12.7 Å². The van der Waals surface area contributed by atoms with Crippen LogP contribution in [0.2, 0.25) is 0 Å². The Morgan fingerprint density at radius 2 is 1.89 bits per heavy atom. The molecule has 0 aliphatic rings. The number of nitrogens with zero attached hydrogens (tertiary/aromatic N) is 1. The average Bonchev–Trinajstić information content (AvgIpc) is 2.27. The summed E-state index contributed by atoms with van der Waals surface area (Å²) in [6.07, 6.45) is 3.55. The maximum absolute atomic E-state index is 11.1. The van der Waals surface area contributed by atoms with Gasteiger partial charge in [-0.25, -0.2) is 8.42 Å². The Hall–Kier alpha value is -0.960. The summed E-state index contributed by atoms with van der Waals surface area (Å²) in [4.78, 5) is 11.1. The van der Waals surface area contributed by atoms with Gasteiger partial charge >= 0.3 is 0 Å². The van der Waals surface area contributed by atoms with Crippen molar-refractivity contribution in [2.75, 3.05) is 28.3 Å². The van der Waals surface area contributed by atoms with Gasteiger partial charge in [0.1, 0.15) is 0 Å². The second-order valence-corrected chi connectivity index (χ2v) is 5.86. The Bertz CT molecular complexity index is 373. The molecular formula is C11H24N2O5S. The smallest absolute Gasteiger partial charge is 0.247 e. The zero-order valence-corrected chi connectivity index (χ0v) is 13.0. The molecule has 0 heterocycles. The van der Waals surface area contributed by atoms with Crippen LogP contribution in [-0.2, 0) is 19.4 Å². The molecule has 0 aromatic heterocycles. The molecule has 0 radical (unpaired) electrons. The van der Waals surface area contributed by atoms with Gasteiger partial charge in [0.05, 0.1) is 28.3 Å². The molecule has 0 rings (SSSR count). The SMILES string of the molecule is C=CC(=O)NC(CCC)[N+](C)(C)C.COS(=O)(=O)[O-]. The van der Waals surface area contributed by atoms with Gasteiger partial charge < -0.3 is 14.4 Å². The largest absolute Gasteiger partial charge is 0.726 e. The Labute approximate surface area is 115 Å². The zero-order chi connectivity index (χ0) is 15.7. The molecule has 0 aliphatic carbocycles. The van der Waals surface area contributed by atoms with E-state index in [1.165, 1.54) is 6.08 Å². The molecule has 0 aromatic rings. The summed E-state index contributed by atoms with van der Waals surface area (Å²) >= 11 is 0. The number of nitrogens with one attached hydrogen (secondary N) is 1. The van der Waals surface area contributed by atoms with Gasteiger partial charge in [0.15, 0.2) is 6.17 Å². The Morgan fingerprint density at radius 3 is 2.11 bits per heavy atom. The highest BCUT2D eigenvalue weighted by atomic mass is 32.3. The predicted octanol–water partition coefficient (Wildman–Crippen LogP) is 0.214. The highest BCUT2D eigenvalue weighted by Gasteiger charge is 2.23. The predicted molar refractivity (Wildman–Crippen MR) is 71.8 cm³/mol. The molecule has 0 bridgehead atoms. The minimum atomic E-state index is -4.41. The van der Waals surface area contributed by atoms with Gasteiger partial charge in [-0.15, -0.1) is 0 Å². The van der Waals surface area contributed by atoms with Gasteiger partial charge in [-0.2, -0.15) is 0 Å². The van der Waals surface area contributed by atoms with E-state index in [0.29, 0.717) is 0 Å². The fourth-order valence-corrected chi connectivity index (χ4v) is 1.15. The van der Waals surface area contributed by atoms with Crippen LogP contribution in [-0.4, -0.2) is 57.8 Å². The first-order valence-corrected chi connectivity index (χ1v) is 7.06. The van der Waals surface area contributed by atoms with Crippen molar-refractivity contribution in [2.45, 2.75) is 25.9 Å². The van der Waals surface area contributed by atoms with Crippen LogP contribution in [0.5, 0.6) is 0 Å². The summed E-state index contributed by atoms with van der Waals surface area (Å²) in [5.41, 5.74) is 0. The molecule has 0 aromatic carbocycles. The van der Waals surface area contributed by atoms with Gasteiger partial charge in [-0.1, -0.05) is 13.5 Å². The molecule has 0 spiro atoms. The fraction of sp³-hybridized carbons (Fsp3) is 0.727. The molecule has 1 N–H and O–H groups in total. The zero-order valence-electron chi connectivity index (χ0n) is 12.2. The van der Waals surface area contributed by atoms with Gasteiger partial charge in [-0.3, -0.25) is 8.98 Å². The molecule has 0 saturated heterocycles. The van der Waals surface area contributed by atoms with Crippen LogP contribution in [0.3, 0.4) is 0 Å². The van der Waals surface area contributed by atoms with Crippen molar-refractivity contribution in [3.8, 4) is 0 Å². The van der Waals surface area contributed by atoms with Crippen molar-refractivity contribution < 1.29 is 26.4 Å². The molecule has 1 unspecified atom stereocenters. The third kappa shape index (κ3) is 13.3. The third-order valence-electron chi connectivity index (χ3n) is 2.20. The molecule has 8 heteroatoms. The maximum atomic E-state index is 11.1. The number of quaternary nitrogens is 1. The fourth-order valence-electron chi connectivity index (χ4n) is 1.15. The number of carbonyl (C=O) groups is 1. The third-order valence-corrected chi connectivity index (χ3v) is 2.60. The second kappa shape index (κ2) is 9.03. The minimum absolute atomic E-state index is 0.0912. The van der Waals surface area contributed by atoms with Crippen molar-refractivity contribution in [2.24, 2.45) is 0 Å². The lowest BCUT2D eigenvalue weighted by atomic mass is 10.2. The first-order chi connectivity index (χ1) is 8.47. The summed E-state index contributed by atoms with van der Waals surface area (Å²) in [6, 6.07) is 0. The van der Waals surface area contributed by atoms with E-state index in [4.69, 9.17) is 0 Å². The highest BCUT2D eigenvalue weighted by Crippen LogP contribution is 2.06.